The zero-order chi connectivity index (χ0) is 47.1. The number of hydrogen-bond donors (Lipinski definition) is 1. The number of nitrogens with zero attached hydrogens (tertiary/aromatic N) is 2. The highest BCUT2D eigenvalue weighted by Gasteiger charge is 2.53. The Morgan fingerprint density at radius 1 is 0.879 bits per heavy atom. The highest BCUT2D eigenvalue weighted by Crippen LogP contribution is 2.54. The number of hydrogen-bond acceptors (Lipinski definition) is 12. The number of esters is 1. The van der Waals surface area contributed by atoms with Crippen LogP contribution in [0.3, 0.4) is 0 Å². The summed E-state index contributed by atoms with van der Waals surface area (Å²) in [5.74, 6) is -0.573. The van der Waals surface area contributed by atoms with Gasteiger partial charge in [-0.15, -0.1) is 0 Å². The normalized spacial score (nSPS) is 38.4. The molecule has 368 valence electrons. The summed E-state index contributed by atoms with van der Waals surface area (Å²) in [5.41, 5.74) is 6.73. The molecule has 0 unspecified atom stereocenters. The van der Waals surface area contributed by atoms with Crippen molar-refractivity contribution in [1.82, 2.24) is 4.90 Å². The Morgan fingerprint density at radius 2 is 1.65 bits per heavy atom. The SMILES string of the molecule is CC[C@H]1CCC[C@H](O[C@H]2CC[C@H](N(C)CCCCCC[n+]3cccc(C(N)=O)c3)[C@@H](C)O2)[C@@H](C)C(=O)C2=C[C@@H]3[C@@H](C=C[C@@H]4C[C@@H](O[C@@H]5O[C@@H](C)[C@H](OC)[C@@H](OC)[C@H]5OC)C[C@@H]34)[C@@H]2CC(=O)O1. The number of aromatic nitrogens is 1. The van der Waals surface area contributed by atoms with E-state index in [-0.39, 0.29) is 96.5 Å². The summed E-state index contributed by atoms with van der Waals surface area (Å²) >= 11 is 0. The summed E-state index contributed by atoms with van der Waals surface area (Å²) in [6.07, 6.45) is 18.5. The number of methoxy groups -OCH3 is 3. The van der Waals surface area contributed by atoms with E-state index in [0.29, 0.717) is 12.0 Å². The lowest BCUT2D eigenvalue weighted by Crippen LogP contribution is -2.59. The summed E-state index contributed by atoms with van der Waals surface area (Å²) in [4.78, 5) is 42.5. The summed E-state index contributed by atoms with van der Waals surface area (Å²) in [6.45, 7) is 10.1. The lowest BCUT2D eigenvalue weighted by Gasteiger charge is -2.44. The van der Waals surface area contributed by atoms with Crippen LogP contribution in [-0.2, 0) is 54.0 Å². The second-order valence-electron chi connectivity index (χ2n) is 20.1. The van der Waals surface area contributed by atoms with Crippen molar-refractivity contribution in [3.8, 4) is 0 Å². The maximum atomic E-state index is 14.9. The van der Waals surface area contributed by atoms with Crippen LogP contribution in [0.5, 0.6) is 0 Å². The predicted octanol–water partition coefficient (Wildman–Crippen LogP) is 6.50. The number of ketones is 1. The van der Waals surface area contributed by atoms with Crippen molar-refractivity contribution >= 4 is 17.7 Å². The van der Waals surface area contributed by atoms with Gasteiger partial charge in [-0.1, -0.05) is 38.5 Å². The van der Waals surface area contributed by atoms with E-state index in [1.54, 1.807) is 27.4 Å². The fourth-order valence-electron chi connectivity index (χ4n) is 12.3. The Balaban J connectivity index is 0.964. The third-order valence-corrected chi connectivity index (χ3v) is 16.0. The molecule has 1 aromatic heterocycles. The zero-order valence-electron chi connectivity index (χ0n) is 40.9. The molecule has 1 saturated carbocycles. The molecule has 3 saturated heterocycles. The Labute approximate surface area is 393 Å². The number of carbonyl (C=O) groups is 3. The molecule has 1 aromatic rings. The largest absolute Gasteiger partial charge is 0.462 e. The molecule has 0 spiro atoms. The standard InChI is InChI=1S/C52H79N3O11/c1-9-36-17-14-18-44(66-46-22-21-43(32(3)62-46)54(5)23-12-10-11-13-24-55-25-15-16-35(30-55)51(53)58)31(2)47(57)42-28-40-38(41(42)29-45(56)64-36)20-19-34-26-37(27-39(34)40)65-52-50(61-8)49(60-7)48(59-6)33(4)63-52/h15-16,19-20,25,28,30-34,36-41,43-44,46,48-50,52H,9-14,17-18,21-24,26-27,29H2,1-8H3,(H-,53,58)/p+1/t31-,32-,33+,34-,36+,37-,38-,39-,40-,41+,43+,44+,46+,48+,49-,50-,52+/m1/s1. The maximum Gasteiger partial charge on any atom is 0.306 e. The van der Waals surface area contributed by atoms with E-state index in [4.69, 9.17) is 43.6 Å². The number of rotatable bonds is 17. The molecule has 3 aliphatic carbocycles. The van der Waals surface area contributed by atoms with Gasteiger partial charge >= 0.3 is 5.97 Å². The summed E-state index contributed by atoms with van der Waals surface area (Å²) < 4.78 is 52.2. The van der Waals surface area contributed by atoms with Gasteiger partial charge in [0.1, 0.15) is 36.5 Å². The van der Waals surface area contributed by atoms with Crippen LogP contribution in [-0.4, -0.2) is 125 Å². The van der Waals surface area contributed by atoms with E-state index in [9.17, 15) is 14.4 Å². The van der Waals surface area contributed by atoms with Crippen LogP contribution >= 0.6 is 0 Å². The Morgan fingerprint density at radius 3 is 2.38 bits per heavy atom. The van der Waals surface area contributed by atoms with E-state index in [2.05, 4.69) is 44.0 Å². The number of allylic oxidation sites excluding steroid dienone is 4. The van der Waals surface area contributed by atoms with E-state index in [1.165, 1.54) is 0 Å². The van der Waals surface area contributed by atoms with E-state index in [1.807, 2.05) is 36.9 Å². The van der Waals surface area contributed by atoms with Gasteiger partial charge in [0.2, 0.25) is 0 Å². The third kappa shape index (κ3) is 11.8. The fourth-order valence-corrected chi connectivity index (χ4v) is 12.3. The molecule has 0 aromatic carbocycles. The van der Waals surface area contributed by atoms with Gasteiger partial charge in [0, 0.05) is 51.7 Å². The molecule has 6 aliphatic rings. The topological polar surface area (TPSA) is 158 Å². The fraction of sp³-hybridized carbons (Fsp3) is 0.769. The lowest BCUT2D eigenvalue weighted by molar-refractivity contribution is -0.697. The first-order valence-corrected chi connectivity index (χ1v) is 25.2. The van der Waals surface area contributed by atoms with Gasteiger partial charge in [0.15, 0.2) is 30.8 Å². The number of carbonyl (C=O) groups excluding carboxylic acids is 3. The average Bonchev–Trinajstić information content (AvgIpc) is 3.89. The molecule has 7 rings (SSSR count). The van der Waals surface area contributed by atoms with Crippen molar-refractivity contribution in [3.05, 3.63) is 53.9 Å². The number of nitrogens with two attached hydrogens (primary N) is 1. The summed E-state index contributed by atoms with van der Waals surface area (Å²) in [5, 5.41) is 0. The van der Waals surface area contributed by atoms with E-state index in [0.717, 1.165) is 89.3 Å². The number of Topliss-reactive ketones (excluding diaryl/α,β-unsaturated/α-hetero) is 1. The number of pyridine rings is 1. The van der Waals surface area contributed by atoms with Crippen LogP contribution in [0.1, 0.15) is 122 Å². The maximum absolute atomic E-state index is 14.9. The highest BCUT2D eigenvalue weighted by atomic mass is 16.7. The quantitative estimate of drug-likeness (QED) is 0.0784. The number of amides is 1. The zero-order valence-corrected chi connectivity index (χ0v) is 40.9. The molecular formula is C52H80N3O11+. The first kappa shape index (κ1) is 50.8. The Kier molecular flexibility index (Phi) is 18.1. The van der Waals surface area contributed by atoms with Crippen LogP contribution < -0.4 is 10.3 Å². The van der Waals surface area contributed by atoms with Gasteiger partial charge in [-0.2, -0.15) is 0 Å². The predicted molar refractivity (Wildman–Crippen MR) is 247 cm³/mol. The second-order valence-corrected chi connectivity index (χ2v) is 20.1. The molecule has 4 heterocycles. The van der Waals surface area contributed by atoms with Crippen molar-refractivity contribution in [2.75, 3.05) is 34.9 Å². The minimum Gasteiger partial charge on any atom is -0.462 e. The van der Waals surface area contributed by atoms with Gasteiger partial charge in [-0.25, -0.2) is 4.57 Å². The number of ether oxygens (including phenoxy) is 8. The van der Waals surface area contributed by atoms with Gasteiger partial charge in [0.05, 0.1) is 30.8 Å². The average molecular weight is 923 g/mol. The van der Waals surface area contributed by atoms with E-state index < -0.39 is 30.5 Å². The number of primary amides is 1. The van der Waals surface area contributed by atoms with Gasteiger partial charge in [-0.3, -0.25) is 14.4 Å². The molecule has 14 nitrogen and oxygen atoms in total. The van der Waals surface area contributed by atoms with Gasteiger partial charge in [0.25, 0.3) is 5.91 Å². The lowest BCUT2D eigenvalue weighted by atomic mass is 9.70. The Hall–Kier alpha value is -3.08. The van der Waals surface area contributed by atoms with Crippen LogP contribution in [0.25, 0.3) is 0 Å². The molecular weight excluding hydrogens is 843 g/mol. The molecule has 4 fully saturated rings. The minimum absolute atomic E-state index is 0.0203. The molecule has 66 heavy (non-hydrogen) atoms. The first-order valence-electron chi connectivity index (χ1n) is 25.2. The minimum atomic E-state index is -0.611. The van der Waals surface area contributed by atoms with Crippen molar-refractivity contribution in [3.63, 3.8) is 0 Å². The number of fused-ring (bicyclic) bond motifs is 5. The van der Waals surface area contributed by atoms with Crippen LogP contribution in [0.4, 0.5) is 0 Å². The smallest absolute Gasteiger partial charge is 0.306 e. The van der Waals surface area contributed by atoms with Gasteiger partial charge < -0.3 is 48.5 Å². The number of unbranched alkanes of at least 4 members (excludes halogenated alkanes) is 3. The number of likely N-dealkylation sites (N-methyl/N-ethyl adjacent to an activating group) is 1. The highest BCUT2D eigenvalue weighted by molar-refractivity contribution is 5.99. The second kappa shape index (κ2) is 23.5. The molecule has 2 N–H and O–H groups in total. The van der Waals surface area contributed by atoms with Gasteiger partial charge in [-0.05, 0) is 127 Å². The van der Waals surface area contributed by atoms with Crippen LogP contribution in [0, 0.1) is 35.5 Å². The Bertz CT molecular complexity index is 1840. The third-order valence-electron chi connectivity index (χ3n) is 16.0. The van der Waals surface area contributed by atoms with Crippen molar-refractivity contribution in [2.24, 2.45) is 41.2 Å². The molecule has 14 heteroatoms. The van der Waals surface area contributed by atoms with E-state index >= 15 is 0 Å². The monoisotopic (exact) mass is 923 g/mol. The van der Waals surface area contributed by atoms with Crippen molar-refractivity contribution in [2.45, 2.75) is 185 Å². The molecule has 0 radical (unpaired) electrons. The molecule has 17 atom stereocenters. The number of cyclic esters (lactones) is 1. The molecule has 0 bridgehead atoms. The summed E-state index contributed by atoms with van der Waals surface area (Å²) in [7, 11) is 7.16. The van der Waals surface area contributed by atoms with Crippen LogP contribution in [0.15, 0.2) is 48.3 Å². The van der Waals surface area contributed by atoms with Crippen molar-refractivity contribution < 1.29 is 56.8 Å². The first-order chi connectivity index (χ1) is 31.8. The molecule has 3 aliphatic heterocycles. The molecule has 1 amide bonds. The number of aryl methyl sites for hydroxylation is 1. The van der Waals surface area contributed by atoms with Crippen molar-refractivity contribution in [1.29, 1.82) is 0 Å². The summed E-state index contributed by atoms with van der Waals surface area (Å²) in [6, 6.07) is 3.89. The van der Waals surface area contributed by atoms with Crippen LogP contribution in [0.2, 0.25) is 0 Å².